The highest BCUT2D eigenvalue weighted by molar-refractivity contribution is 6.05. The van der Waals surface area contributed by atoms with Crippen molar-refractivity contribution in [3.05, 3.63) is 34.9 Å². The fourth-order valence-electron chi connectivity index (χ4n) is 4.41. The summed E-state index contributed by atoms with van der Waals surface area (Å²) in [7, 11) is 0. The lowest BCUT2D eigenvalue weighted by atomic mass is 10.0. The number of nitrogens with zero attached hydrogens (tertiary/aromatic N) is 2. The van der Waals surface area contributed by atoms with Crippen LogP contribution in [0, 0.1) is 0 Å². The molecule has 3 aliphatic heterocycles. The molecular weight excluding hydrogens is 332 g/mol. The normalized spacial score (nSPS) is 26.3. The van der Waals surface area contributed by atoms with Gasteiger partial charge in [0.05, 0.1) is 0 Å². The third-order valence-corrected chi connectivity index (χ3v) is 5.78. The Morgan fingerprint density at radius 3 is 2.81 bits per heavy atom. The summed E-state index contributed by atoms with van der Waals surface area (Å²) in [5, 5.41) is 2.35. The lowest BCUT2D eigenvalue weighted by Gasteiger charge is -2.29. The highest BCUT2D eigenvalue weighted by Gasteiger charge is 2.40. The summed E-state index contributed by atoms with van der Waals surface area (Å²) in [4.78, 5) is 40.6. The van der Waals surface area contributed by atoms with Crippen molar-refractivity contribution in [3.8, 4) is 0 Å². The first-order chi connectivity index (χ1) is 12.6. The number of nitrogens with one attached hydrogen (secondary N) is 1. The van der Waals surface area contributed by atoms with Gasteiger partial charge in [0, 0.05) is 37.7 Å². The molecule has 3 amide bonds. The van der Waals surface area contributed by atoms with Gasteiger partial charge in [0.2, 0.25) is 11.8 Å². The van der Waals surface area contributed by atoms with Crippen molar-refractivity contribution in [2.24, 2.45) is 5.73 Å². The van der Waals surface area contributed by atoms with Gasteiger partial charge in [-0.2, -0.15) is 0 Å². The number of nitrogens with two attached hydrogens (primary N) is 1. The summed E-state index contributed by atoms with van der Waals surface area (Å²) in [6.45, 7) is 2.76. The Morgan fingerprint density at radius 1 is 1.19 bits per heavy atom. The van der Waals surface area contributed by atoms with E-state index in [1.807, 2.05) is 18.2 Å². The molecule has 0 bridgehead atoms. The van der Waals surface area contributed by atoms with E-state index in [0.717, 1.165) is 36.1 Å². The molecule has 7 heteroatoms. The van der Waals surface area contributed by atoms with Crippen molar-refractivity contribution in [1.29, 1.82) is 0 Å². The van der Waals surface area contributed by atoms with Crippen LogP contribution in [0.4, 0.5) is 0 Å². The van der Waals surface area contributed by atoms with Crippen molar-refractivity contribution < 1.29 is 14.4 Å². The Balaban J connectivity index is 1.57. The van der Waals surface area contributed by atoms with E-state index in [1.54, 1.807) is 4.90 Å². The van der Waals surface area contributed by atoms with Gasteiger partial charge < -0.3 is 10.6 Å². The zero-order valence-electron chi connectivity index (χ0n) is 14.7. The average molecular weight is 356 g/mol. The van der Waals surface area contributed by atoms with Crippen LogP contribution in [-0.2, 0) is 22.7 Å². The summed E-state index contributed by atoms with van der Waals surface area (Å²) >= 11 is 0. The Morgan fingerprint density at radius 2 is 2.04 bits per heavy atom. The second-order valence-electron chi connectivity index (χ2n) is 7.35. The Kier molecular flexibility index (Phi) is 4.50. The van der Waals surface area contributed by atoms with E-state index >= 15 is 0 Å². The predicted molar refractivity (Wildman–Crippen MR) is 95.0 cm³/mol. The Labute approximate surface area is 152 Å². The molecule has 2 saturated heterocycles. The number of carbonyl (C=O) groups excluding carboxylic acids is 3. The quantitative estimate of drug-likeness (QED) is 0.760. The maximum absolute atomic E-state index is 13.1. The van der Waals surface area contributed by atoms with Crippen LogP contribution in [0.3, 0.4) is 0 Å². The van der Waals surface area contributed by atoms with Crippen molar-refractivity contribution in [3.63, 3.8) is 0 Å². The fourth-order valence-corrected chi connectivity index (χ4v) is 4.41. The summed E-state index contributed by atoms with van der Waals surface area (Å²) in [6, 6.07) is 5.73. The van der Waals surface area contributed by atoms with Crippen LogP contribution in [0.1, 0.15) is 47.2 Å². The number of rotatable bonds is 4. The molecule has 3 heterocycles. The molecule has 2 fully saturated rings. The summed E-state index contributed by atoms with van der Waals surface area (Å²) in [5.74, 6) is -0.738. The van der Waals surface area contributed by atoms with E-state index in [9.17, 15) is 14.4 Å². The number of imide groups is 1. The van der Waals surface area contributed by atoms with E-state index in [1.165, 1.54) is 0 Å². The molecule has 0 spiro atoms. The first-order valence-electron chi connectivity index (χ1n) is 9.28. The lowest BCUT2D eigenvalue weighted by molar-refractivity contribution is -0.136. The van der Waals surface area contributed by atoms with Gasteiger partial charge in [-0.15, -0.1) is 0 Å². The van der Waals surface area contributed by atoms with Gasteiger partial charge in [0.15, 0.2) is 0 Å². The maximum Gasteiger partial charge on any atom is 0.255 e. The molecule has 4 rings (SSSR count). The molecule has 3 aliphatic rings. The van der Waals surface area contributed by atoms with Gasteiger partial charge in [0.25, 0.3) is 5.91 Å². The number of hydrogen-bond acceptors (Lipinski definition) is 5. The van der Waals surface area contributed by atoms with Gasteiger partial charge >= 0.3 is 0 Å². The molecule has 1 aromatic rings. The summed E-state index contributed by atoms with van der Waals surface area (Å²) < 4.78 is 0. The molecule has 3 N–H and O–H groups in total. The number of carbonyl (C=O) groups is 3. The van der Waals surface area contributed by atoms with E-state index in [4.69, 9.17) is 5.73 Å². The second kappa shape index (κ2) is 6.81. The largest absolute Gasteiger partial charge is 0.329 e. The highest BCUT2D eigenvalue weighted by atomic mass is 16.2. The van der Waals surface area contributed by atoms with E-state index < -0.39 is 6.04 Å². The molecule has 0 aromatic heterocycles. The first-order valence-corrected chi connectivity index (χ1v) is 9.28. The Hall–Kier alpha value is -2.25. The van der Waals surface area contributed by atoms with Crippen molar-refractivity contribution in [2.75, 3.05) is 13.1 Å². The number of piperidine rings is 1. The summed E-state index contributed by atoms with van der Waals surface area (Å²) in [5.41, 5.74) is 8.56. The molecule has 0 saturated carbocycles. The van der Waals surface area contributed by atoms with E-state index in [-0.39, 0.29) is 24.1 Å². The third-order valence-electron chi connectivity index (χ3n) is 5.78. The summed E-state index contributed by atoms with van der Waals surface area (Å²) in [6.07, 6.45) is 2.89. The molecule has 7 nitrogen and oxygen atoms in total. The van der Waals surface area contributed by atoms with Gasteiger partial charge in [0.1, 0.15) is 6.04 Å². The number of likely N-dealkylation sites (tertiary alicyclic amines) is 1. The molecule has 0 aliphatic carbocycles. The molecule has 1 aromatic carbocycles. The minimum absolute atomic E-state index is 0.103. The van der Waals surface area contributed by atoms with Crippen LogP contribution >= 0.6 is 0 Å². The maximum atomic E-state index is 13.1. The second-order valence-corrected chi connectivity index (χ2v) is 7.35. The van der Waals surface area contributed by atoms with E-state index in [2.05, 4.69) is 10.2 Å². The Bertz CT molecular complexity index is 763. The minimum Gasteiger partial charge on any atom is -0.329 e. The zero-order chi connectivity index (χ0) is 18.3. The van der Waals surface area contributed by atoms with Crippen LogP contribution < -0.4 is 11.1 Å². The van der Waals surface area contributed by atoms with Crippen molar-refractivity contribution in [1.82, 2.24) is 15.1 Å². The highest BCUT2D eigenvalue weighted by Crippen LogP contribution is 2.31. The predicted octanol–water partition coefficient (Wildman–Crippen LogP) is 0.371. The van der Waals surface area contributed by atoms with Gasteiger partial charge in [-0.25, -0.2) is 0 Å². The van der Waals surface area contributed by atoms with Crippen molar-refractivity contribution >= 4 is 17.7 Å². The van der Waals surface area contributed by atoms with Gasteiger partial charge in [-0.1, -0.05) is 18.2 Å². The zero-order valence-corrected chi connectivity index (χ0v) is 14.7. The van der Waals surface area contributed by atoms with Crippen LogP contribution in [0.15, 0.2) is 18.2 Å². The van der Waals surface area contributed by atoms with Crippen LogP contribution in [0.5, 0.6) is 0 Å². The molecule has 138 valence electrons. The van der Waals surface area contributed by atoms with Crippen LogP contribution in [0.25, 0.3) is 0 Å². The lowest BCUT2D eigenvalue weighted by Crippen LogP contribution is -2.52. The molecule has 26 heavy (non-hydrogen) atoms. The number of amides is 3. The third kappa shape index (κ3) is 2.91. The van der Waals surface area contributed by atoms with E-state index in [0.29, 0.717) is 32.1 Å². The minimum atomic E-state index is -0.566. The molecule has 0 radical (unpaired) electrons. The number of hydrogen-bond donors (Lipinski definition) is 2. The van der Waals surface area contributed by atoms with Crippen molar-refractivity contribution in [2.45, 2.75) is 50.9 Å². The monoisotopic (exact) mass is 356 g/mol. The average Bonchev–Trinajstić information content (AvgIpc) is 3.20. The molecule has 2 atom stereocenters. The van der Waals surface area contributed by atoms with Crippen LogP contribution in [-0.4, -0.2) is 52.7 Å². The number of benzene rings is 1. The molecular formula is C19H24N4O3. The SMILES string of the molecule is NC[C@@H]1CCCN1Cc1cccc2c1C(=O)N(C1CCC(=O)NC1=O)C2. The van der Waals surface area contributed by atoms with Crippen LogP contribution in [0.2, 0.25) is 0 Å². The van der Waals surface area contributed by atoms with Gasteiger partial charge in [-0.05, 0) is 36.9 Å². The standard InChI is InChI=1S/C19H24N4O3/c20-9-14-5-2-8-22(14)10-12-3-1-4-13-11-23(19(26)17(12)13)15-6-7-16(24)21-18(15)25/h1,3-4,14-15H,2,5-11,20H2,(H,21,24,25)/t14-,15?/m0/s1. The van der Waals surface area contributed by atoms with Gasteiger partial charge in [-0.3, -0.25) is 24.6 Å². The number of fused-ring (bicyclic) bond motifs is 1. The fraction of sp³-hybridized carbons (Fsp3) is 0.526. The topological polar surface area (TPSA) is 95.7 Å². The molecule has 1 unspecified atom stereocenters. The smallest absolute Gasteiger partial charge is 0.255 e. The first kappa shape index (κ1) is 17.2.